The summed E-state index contributed by atoms with van der Waals surface area (Å²) in [5, 5.41) is 16.5. The first-order chi connectivity index (χ1) is 16.9. The molecule has 2 N–H and O–H groups in total. The zero-order chi connectivity index (χ0) is 25.0. The van der Waals surface area contributed by atoms with E-state index >= 15 is 0 Å². The second-order valence-electron chi connectivity index (χ2n) is 9.23. The normalized spacial score (nSPS) is 15.4. The highest BCUT2D eigenvalue weighted by Gasteiger charge is 2.18. The average molecular weight is 501 g/mol. The summed E-state index contributed by atoms with van der Waals surface area (Å²) in [5.41, 5.74) is 2.10. The standard InChI is InChI=1S/C27H37ClN4O3/c1-21(2)29-26(33)20-32-17-15-31(16-18-32)14-4-3-5-19-35-25-12-8-23(9-13-25)27(30-34)22-6-10-24(28)11-7-22/h6-13,21,34H,3-5,14-20H2,1-2H3,(H,29,33)/b30-27-. The summed E-state index contributed by atoms with van der Waals surface area (Å²) in [6, 6.07) is 15.0. The zero-order valence-electron chi connectivity index (χ0n) is 20.8. The molecule has 0 radical (unpaired) electrons. The number of carbonyl (C=O) groups is 1. The molecule has 1 aliphatic heterocycles. The van der Waals surface area contributed by atoms with E-state index in [1.54, 1.807) is 12.1 Å². The Hall–Kier alpha value is -2.61. The molecule has 35 heavy (non-hydrogen) atoms. The van der Waals surface area contributed by atoms with E-state index < -0.39 is 0 Å². The summed E-state index contributed by atoms with van der Waals surface area (Å²) in [6.07, 6.45) is 3.27. The number of ether oxygens (including phenoxy) is 1. The summed E-state index contributed by atoms with van der Waals surface area (Å²) in [4.78, 5) is 16.6. The quantitative estimate of drug-likeness (QED) is 0.197. The minimum Gasteiger partial charge on any atom is -0.494 e. The van der Waals surface area contributed by atoms with E-state index in [2.05, 4.69) is 20.3 Å². The number of halogens is 1. The van der Waals surface area contributed by atoms with Crippen molar-refractivity contribution in [2.45, 2.75) is 39.2 Å². The monoisotopic (exact) mass is 500 g/mol. The second-order valence-corrected chi connectivity index (χ2v) is 9.67. The molecular weight excluding hydrogens is 464 g/mol. The van der Waals surface area contributed by atoms with Gasteiger partial charge in [0.25, 0.3) is 0 Å². The maximum Gasteiger partial charge on any atom is 0.234 e. The van der Waals surface area contributed by atoms with Crippen LogP contribution < -0.4 is 10.1 Å². The van der Waals surface area contributed by atoms with Gasteiger partial charge in [0.1, 0.15) is 11.5 Å². The summed E-state index contributed by atoms with van der Waals surface area (Å²) >= 11 is 5.94. The molecule has 8 heteroatoms. The number of oxime groups is 1. The zero-order valence-corrected chi connectivity index (χ0v) is 21.5. The third-order valence-corrected chi connectivity index (χ3v) is 6.27. The number of nitrogens with one attached hydrogen (secondary N) is 1. The lowest BCUT2D eigenvalue weighted by Gasteiger charge is -2.34. The van der Waals surface area contributed by atoms with Crippen molar-refractivity contribution >= 4 is 23.2 Å². The molecule has 3 rings (SSSR count). The SMILES string of the molecule is CC(C)NC(=O)CN1CCN(CCCCCOc2ccc(/C(=N\O)c3ccc(Cl)cc3)cc2)CC1. The van der Waals surface area contributed by atoms with Gasteiger partial charge in [-0.25, -0.2) is 0 Å². The molecule has 0 saturated carbocycles. The van der Waals surface area contributed by atoms with Crippen molar-refractivity contribution in [2.75, 3.05) is 45.9 Å². The van der Waals surface area contributed by atoms with Gasteiger partial charge in [-0.15, -0.1) is 0 Å². The van der Waals surface area contributed by atoms with Crippen LogP contribution in [0.15, 0.2) is 53.7 Å². The van der Waals surface area contributed by atoms with Crippen LogP contribution in [0.5, 0.6) is 5.75 Å². The van der Waals surface area contributed by atoms with Gasteiger partial charge in [-0.2, -0.15) is 0 Å². The maximum atomic E-state index is 11.9. The summed E-state index contributed by atoms with van der Waals surface area (Å²) in [7, 11) is 0. The first-order valence-electron chi connectivity index (χ1n) is 12.4. The molecule has 1 fully saturated rings. The van der Waals surface area contributed by atoms with Crippen molar-refractivity contribution in [2.24, 2.45) is 5.16 Å². The van der Waals surface area contributed by atoms with Crippen LogP contribution in [0.2, 0.25) is 5.02 Å². The molecule has 0 unspecified atom stereocenters. The first-order valence-corrected chi connectivity index (χ1v) is 12.8. The fraction of sp³-hybridized carbons (Fsp3) is 0.481. The number of unbranched alkanes of at least 4 members (excludes halogenated alkanes) is 2. The van der Waals surface area contributed by atoms with Crippen molar-refractivity contribution in [1.29, 1.82) is 0 Å². The smallest absolute Gasteiger partial charge is 0.234 e. The molecule has 1 aliphatic rings. The predicted octanol–water partition coefficient (Wildman–Crippen LogP) is 4.26. The number of hydrogen-bond donors (Lipinski definition) is 2. The van der Waals surface area contributed by atoms with Crippen LogP contribution in [-0.4, -0.2) is 78.5 Å². The Morgan fingerprint density at radius 1 is 0.971 bits per heavy atom. The number of hydrogen-bond acceptors (Lipinski definition) is 6. The largest absolute Gasteiger partial charge is 0.494 e. The second kappa shape index (κ2) is 14.1. The lowest BCUT2D eigenvalue weighted by Crippen LogP contribution is -2.50. The van der Waals surface area contributed by atoms with Gasteiger partial charge in [-0.05, 0) is 76.1 Å². The Balaban J connectivity index is 1.29. The van der Waals surface area contributed by atoms with Gasteiger partial charge in [0.2, 0.25) is 5.91 Å². The third kappa shape index (κ3) is 9.17. The highest BCUT2D eigenvalue weighted by Crippen LogP contribution is 2.18. The van der Waals surface area contributed by atoms with E-state index in [4.69, 9.17) is 16.3 Å². The molecule has 1 amide bonds. The molecule has 190 valence electrons. The van der Waals surface area contributed by atoms with Crippen LogP contribution in [0, 0.1) is 0 Å². The number of nitrogens with zero attached hydrogens (tertiary/aromatic N) is 3. The molecule has 0 atom stereocenters. The molecule has 1 heterocycles. The number of rotatable bonds is 12. The Morgan fingerprint density at radius 3 is 2.17 bits per heavy atom. The van der Waals surface area contributed by atoms with Crippen LogP contribution in [0.25, 0.3) is 0 Å². The van der Waals surface area contributed by atoms with Crippen LogP contribution in [-0.2, 0) is 4.79 Å². The third-order valence-electron chi connectivity index (χ3n) is 6.01. The van der Waals surface area contributed by atoms with Crippen LogP contribution in [0.1, 0.15) is 44.2 Å². The average Bonchev–Trinajstić information content (AvgIpc) is 2.84. The van der Waals surface area contributed by atoms with E-state index in [0.717, 1.165) is 68.9 Å². The number of piperazine rings is 1. The van der Waals surface area contributed by atoms with Gasteiger partial charge >= 0.3 is 0 Å². The van der Waals surface area contributed by atoms with Crippen molar-refractivity contribution in [3.8, 4) is 5.75 Å². The fourth-order valence-electron chi connectivity index (χ4n) is 4.14. The van der Waals surface area contributed by atoms with Gasteiger partial charge in [0.15, 0.2) is 0 Å². The highest BCUT2D eigenvalue weighted by atomic mass is 35.5. The Kier molecular flexibility index (Phi) is 10.8. The van der Waals surface area contributed by atoms with Gasteiger partial charge in [-0.3, -0.25) is 9.69 Å². The van der Waals surface area contributed by atoms with E-state index in [-0.39, 0.29) is 11.9 Å². The Labute approximate surface area is 213 Å². The lowest BCUT2D eigenvalue weighted by atomic mass is 10.0. The molecule has 0 bridgehead atoms. The molecule has 7 nitrogen and oxygen atoms in total. The van der Waals surface area contributed by atoms with E-state index in [1.807, 2.05) is 50.2 Å². The van der Waals surface area contributed by atoms with Crippen molar-refractivity contribution in [3.63, 3.8) is 0 Å². The number of benzene rings is 2. The molecule has 0 aromatic heterocycles. The molecular formula is C27H37ClN4O3. The molecule has 2 aromatic rings. The van der Waals surface area contributed by atoms with Gasteiger partial charge in [0, 0.05) is 48.4 Å². The summed E-state index contributed by atoms with van der Waals surface area (Å²) in [5.74, 6) is 0.923. The van der Waals surface area contributed by atoms with E-state index in [9.17, 15) is 10.0 Å². The summed E-state index contributed by atoms with van der Waals surface area (Å²) in [6.45, 7) is 10.2. The minimum absolute atomic E-state index is 0.117. The van der Waals surface area contributed by atoms with E-state index in [1.165, 1.54) is 0 Å². The maximum absolute atomic E-state index is 11.9. The van der Waals surface area contributed by atoms with Gasteiger partial charge < -0.3 is 20.2 Å². The number of amides is 1. The van der Waals surface area contributed by atoms with Crippen LogP contribution in [0.4, 0.5) is 0 Å². The fourth-order valence-corrected chi connectivity index (χ4v) is 4.27. The van der Waals surface area contributed by atoms with Crippen molar-refractivity contribution < 1.29 is 14.7 Å². The van der Waals surface area contributed by atoms with Crippen molar-refractivity contribution in [3.05, 3.63) is 64.7 Å². The highest BCUT2D eigenvalue weighted by molar-refractivity contribution is 6.30. The molecule has 0 aliphatic carbocycles. The van der Waals surface area contributed by atoms with Crippen molar-refractivity contribution in [1.82, 2.24) is 15.1 Å². The van der Waals surface area contributed by atoms with Gasteiger partial charge in [0.05, 0.1) is 13.2 Å². The Bertz CT molecular complexity index is 940. The topological polar surface area (TPSA) is 77.4 Å². The molecule has 1 saturated heterocycles. The minimum atomic E-state index is 0.117. The summed E-state index contributed by atoms with van der Waals surface area (Å²) < 4.78 is 5.89. The predicted molar refractivity (Wildman–Crippen MR) is 141 cm³/mol. The van der Waals surface area contributed by atoms with E-state index in [0.29, 0.717) is 23.9 Å². The van der Waals surface area contributed by atoms with Gasteiger partial charge in [-0.1, -0.05) is 28.9 Å². The lowest BCUT2D eigenvalue weighted by molar-refractivity contribution is -0.123. The molecule has 0 spiro atoms. The van der Waals surface area contributed by atoms with Crippen LogP contribution in [0.3, 0.4) is 0 Å². The molecule has 2 aromatic carbocycles. The Morgan fingerprint density at radius 2 is 1.57 bits per heavy atom. The number of carbonyl (C=O) groups excluding carboxylic acids is 1. The first kappa shape index (κ1) is 27.0. The van der Waals surface area contributed by atoms with Crippen LogP contribution >= 0.6 is 11.6 Å².